The number of aryl methyl sites for hydroxylation is 1. The zero-order valence-corrected chi connectivity index (χ0v) is 11.6. The molecule has 1 rings (SSSR count). The van der Waals surface area contributed by atoms with E-state index in [0.717, 1.165) is 31.8 Å². The normalized spacial score (nSPS) is 12.4. The molecule has 17 heavy (non-hydrogen) atoms. The number of aromatic nitrogens is 2. The van der Waals surface area contributed by atoms with Crippen molar-refractivity contribution < 1.29 is 0 Å². The lowest BCUT2D eigenvalue weighted by Crippen LogP contribution is -2.50. The smallest absolute Gasteiger partial charge is 0.109 e. The summed E-state index contributed by atoms with van der Waals surface area (Å²) in [6.45, 7) is 9.42. The summed E-state index contributed by atoms with van der Waals surface area (Å²) < 4.78 is 2.08. The third-order valence-electron chi connectivity index (χ3n) is 3.38. The number of nitrogens with zero attached hydrogens (tertiary/aromatic N) is 3. The Morgan fingerprint density at radius 3 is 2.59 bits per heavy atom. The lowest BCUT2D eigenvalue weighted by molar-refractivity contribution is 0.127. The summed E-state index contributed by atoms with van der Waals surface area (Å²) in [4.78, 5) is 6.82. The van der Waals surface area contributed by atoms with Crippen LogP contribution in [-0.4, -0.2) is 39.6 Å². The summed E-state index contributed by atoms with van der Waals surface area (Å²) in [6.07, 6.45) is 5.98. The van der Waals surface area contributed by atoms with Crippen LogP contribution in [0.15, 0.2) is 12.4 Å². The zero-order valence-electron chi connectivity index (χ0n) is 11.6. The van der Waals surface area contributed by atoms with Gasteiger partial charge in [0.05, 0.1) is 0 Å². The van der Waals surface area contributed by atoms with Crippen LogP contribution in [0.25, 0.3) is 0 Å². The van der Waals surface area contributed by atoms with Gasteiger partial charge in [0.15, 0.2) is 0 Å². The molecule has 4 heteroatoms. The first kappa shape index (κ1) is 14.2. The highest BCUT2D eigenvalue weighted by atomic mass is 15.2. The van der Waals surface area contributed by atoms with Crippen LogP contribution in [0.1, 0.15) is 33.0 Å². The fourth-order valence-electron chi connectivity index (χ4n) is 1.99. The standard InChI is InChI=1S/C13H26N4/c1-5-8-17(13(2,3)11-14)9-6-12-15-7-10-16(12)4/h7,10H,5-6,8-9,11,14H2,1-4H3. The second-order valence-electron chi connectivity index (χ2n) is 5.21. The Hall–Kier alpha value is -0.870. The fraction of sp³-hybridized carbons (Fsp3) is 0.769. The lowest BCUT2D eigenvalue weighted by Gasteiger charge is -2.37. The fourth-order valence-corrected chi connectivity index (χ4v) is 1.99. The van der Waals surface area contributed by atoms with Gasteiger partial charge in [0, 0.05) is 44.5 Å². The third-order valence-corrected chi connectivity index (χ3v) is 3.38. The highest BCUT2D eigenvalue weighted by molar-refractivity contribution is 4.93. The number of hydrogen-bond acceptors (Lipinski definition) is 3. The molecule has 1 aromatic heterocycles. The topological polar surface area (TPSA) is 47.1 Å². The van der Waals surface area contributed by atoms with E-state index >= 15 is 0 Å². The Bertz CT molecular complexity index is 330. The van der Waals surface area contributed by atoms with Gasteiger partial charge >= 0.3 is 0 Å². The molecule has 0 unspecified atom stereocenters. The van der Waals surface area contributed by atoms with Gasteiger partial charge in [-0.05, 0) is 26.8 Å². The monoisotopic (exact) mass is 238 g/mol. The van der Waals surface area contributed by atoms with Gasteiger partial charge in [-0.1, -0.05) is 6.92 Å². The summed E-state index contributed by atoms with van der Waals surface area (Å²) in [7, 11) is 2.04. The molecular formula is C13H26N4. The second-order valence-corrected chi connectivity index (χ2v) is 5.21. The highest BCUT2D eigenvalue weighted by Gasteiger charge is 2.24. The first-order valence-corrected chi connectivity index (χ1v) is 6.42. The second kappa shape index (κ2) is 6.17. The molecule has 1 heterocycles. The number of hydrogen-bond donors (Lipinski definition) is 1. The molecule has 0 aliphatic rings. The van der Waals surface area contributed by atoms with E-state index in [1.807, 2.05) is 19.4 Å². The van der Waals surface area contributed by atoms with E-state index in [4.69, 9.17) is 5.73 Å². The summed E-state index contributed by atoms with van der Waals surface area (Å²) >= 11 is 0. The minimum Gasteiger partial charge on any atom is -0.338 e. The molecule has 0 atom stereocenters. The molecule has 0 radical (unpaired) electrons. The molecule has 0 saturated carbocycles. The van der Waals surface area contributed by atoms with Gasteiger partial charge in [0.1, 0.15) is 5.82 Å². The van der Waals surface area contributed by atoms with Gasteiger partial charge in [-0.2, -0.15) is 0 Å². The molecule has 1 aromatic rings. The Morgan fingerprint density at radius 2 is 2.12 bits per heavy atom. The molecular weight excluding hydrogens is 212 g/mol. The van der Waals surface area contributed by atoms with Crippen molar-refractivity contribution in [2.24, 2.45) is 12.8 Å². The van der Waals surface area contributed by atoms with Crippen LogP contribution in [0.2, 0.25) is 0 Å². The molecule has 2 N–H and O–H groups in total. The predicted molar refractivity (Wildman–Crippen MR) is 71.9 cm³/mol. The molecule has 0 fully saturated rings. The van der Waals surface area contributed by atoms with Crippen molar-refractivity contribution in [3.63, 3.8) is 0 Å². The van der Waals surface area contributed by atoms with E-state index in [-0.39, 0.29) is 5.54 Å². The van der Waals surface area contributed by atoms with Crippen LogP contribution in [0.4, 0.5) is 0 Å². The van der Waals surface area contributed by atoms with Crippen LogP contribution in [0.3, 0.4) is 0 Å². The molecule has 0 amide bonds. The molecule has 0 aliphatic heterocycles. The quantitative estimate of drug-likeness (QED) is 0.781. The largest absolute Gasteiger partial charge is 0.338 e. The van der Waals surface area contributed by atoms with Gasteiger partial charge in [-0.25, -0.2) is 4.98 Å². The van der Waals surface area contributed by atoms with Crippen LogP contribution >= 0.6 is 0 Å². The average molecular weight is 238 g/mol. The molecule has 0 bridgehead atoms. The summed E-state index contributed by atoms with van der Waals surface area (Å²) in [6, 6.07) is 0. The van der Waals surface area contributed by atoms with Crippen LogP contribution < -0.4 is 5.73 Å². The highest BCUT2D eigenvalue weighted by Crippen LogP contribution is 2.14. The van der Waals surface area contributed by atoms with Crippen molar-refractivity contribution >= 4 is 0 Å². The number of rotatable bonds is 7. The van der Waals surface area contributed by atoms with Gasteiger partial charge in [-0.3, -0.25) is 4.90 Å². The maximum atomic E-state index is 5.85. The Balaban J connectivity index is 2.59. The molecule has 0 saturated heterocycles. The van der Waals surface area contributed by atoms with Crippen molar-refractivity contribution in [3.05, 3.63) is 18.2 Å². The molecule has 0 spiro atoms. The van der Waals surface area contributed by atoms with Gasteiger partial charge < -0.3 is 10.3 Å². The Kier molecular flexibility index (Phi) is 5.15. The van der Waals surface area contributed by atoms with Crippen molar-refractivity contribution in [1.29, 1.82) is 0 Å². The van der Waals surface area contributed by atoms with E-state index in [0.29, 0.717) is 6.54 Å². The van der Waals surface area contributed by atoms with E-state index in [1.54, 1.807) is 0 Å². The summed E-state index contributed by atoms with van der Waals surface area (Å²) in [5.41, 5.74) is 5.92. The van der Waals surface area contributed by atoms with E-state index in [2.05, 4.69) is 35.2 Å². The maximum Gasteiger partial charge on any atom is 0.109 e. The average Bonchev–Trinajstić information content (AvgIpc) is 2.70. The summed E-state index contributed by atoms with van der Waals surface area (Å²) in [5, 5.41) is 0. The first-order chi connectivity index (χ1) is 8.01. The maximum absolute atomic E-state index is 5.85. The van der Waals surface area contributed by atoms with E-state index in [9.17, 15) is 0 Å². The minimum absolute atomic E-state index is 0.0706. The molecule has 0 aliphatic carbocycles. The van der Waals surface area contributed by atoms with Crippen molar-refractivity contribution in [3.8, 4) is 0 Å². The number of nitrogens with two attached hydrogens (primary N) is 1. The molecule has 4 nitrogen and oxygen atoms in total. The predicted octanol–water partition coefficient (Wildman–Crippen LogP) is 1.41. The third kappa shape index (κ3) is 3.82. The van der Waals surface area contributed by atoms with Crippen molar-refractivity contribution in [2.75, 3.05) is 19.6 Å². The number of imidazole rings is 1. The lowest BCUT2D eigenvalue weighted by atomic mass is 10.0. The minimum atomic E-state index is 0.0706. The van der Waals surface area contributed by atoms with Gasteiger partial charge in [0.25, 0.3) is 0 Å². The summed E-state index contributed by atoms with van der Waals surface area (Å²) in [5.74, 6) is 1.14. The Labute approximate surface area is 105 Å². The first-order valence-electron chi connectivity index (χ1n) is 6.42. The SMILES string of the molecule is CCCN(CCc1nccn1C)C(C)(C)CN. The van der Waals surface area contributed by atoms with E-state index < -0.39 is 0 Å². The van der Waals surface area contributed by atoms with Crippen LogP contribution in [0.5, 0.6) is 0 Å². The van der Waals surface area contributed by atoms with Gasteiger partial charge in [-0.15, -0.1) is 0 Å². The van der Waals surface area contributed by atoms with Gasteiger partial charge in [0.2, 0.25) is 0 Å². The van der Waals surface area contributed by atoms with Crippen LogP contribution in [-0.2, 0) is 13.5 Å². The molecule has 0 aromatic carbocycles. The Morgan fingerprint density at radius 1 is 1.41 bits per heavy atom. The zero-order chi connectivity index (χ0) is 12.9. The van der Waals surface area contributed by atoms with Crippen molar-refractivity contribution in [1.82, 2.24) is 14.5 Å². The van der Waals surface area contributed by atoms with Crippen LogP contribution in [0, 0.1) is 0 Å². The molecule has 98 valence electrons. The van der Waals surface area contributed by atoms with Crippen molar-refractivity contribution in [2.45, 2.75) is 39.2 Å². The van der Waals surface area contributed by atoms with E-state index in [1.165, 1.54) is 0 Å².